The third-order valence-corrected chi connectivity index (χ3v) is 5.27. The van der Waals surface area contributed by atoms with Crippen LogP contribution in [0.4, 0.5) is 0 Å². The SMILES string of the molecule is CCC.CNCC(=O)NC1CC(=O)OC1O.N=C(CCC(C=O)NC(=O)c1ccccc1-c1ccccc1)N=NN. The molecule has 3 atom stereocenters. The first-order valence-electron chi connectivity index (χ1n) is 13.1. The van der Waals surface area contributed by atoms with Crippen molar-refractivity contribution in [1.82, 2.24) is 16.0 Å². The van der Waals surface area contributed by atoms with Gasteiger partial charge in [0.15, 0.2) is 0 Å². The number of amides is 2. The molecule has 1 aliphatic rings. The summed E-state index contributed by atoms with van der Waals surface area (Å²) in [7, 11) is 1.63. The molecule has 1 heterocycles. The fourth-order valence-corrected chi connectivity index (χ4v) is 3.47. The minimum Gasteiger partial charge on any atom is -0.434 e. The Balaban J connectivity index is 0.000000439. The van der Waals surface area contributed by atoms with Crippen LogP contribution >= 0.6 is 0 Å². The second-order valence-electron chi connectivity index (χ2n) is 8.82. The summed E-state index contributed by atoms with van der Waals surface area (Å²) in [5, 5.41) is 30.8. The van der Waals surface area contributed by atoms with Crippen LogP contribution in [0.15, 0.2) is 64.9 Å². The van der Waals surface area contributed by atoms with Gasteiger partial charge in [0, 0.05) is 12.0 Å². The molecule has 0 saturated carbocycles. The van der Waals surface area contributed by atoms with E-state index in [-0.39, 0.29) is 43.5 Å². The van der Waals surface area contributed by atoms with Crippen molar-refractivity contribution in [2.45, 2.75) is 57.9 Å². The van der Waals surface area contributed by atoms with E-state index in [9.17, 15) is 19.2 Å². The normalized spacial score (nSPS) is 16.2. The summed E-state index contributed by atoms with van der Waals surface area (Å²) in [5.74, 6) is 3.71. The molecule has 1 fully saturated rings. The van der Waals surface area contributed by atoms with Gasteiger partial charge in [0.1, 0.15) is 18.2 Å². The number of aliphatic hydroxyl groups excluding tert-OH is 1. The molecule has 1 aliphatic heterocycles. The molecule has 3 rings (SSSR count). The van der Waals surface area contributed by atoms with Gasteiger partial charge in [-0.2, -0.15) is 0 Å². The second-order valence-corrected chi connectivity index (χ2v) is 8.82. The van der Waals surface area contributed by atoms with E-state index in [1.165, 1.54) is 6.42 Å². The molecular formula is C28H39N7O6. The number of nitrogens with zero attached hydrogens (tertiary/aromatic N) is 2. The Kier molecular flexibility index (Phi) is 16.5. The van der Waals surface area contributed by atoms with Crippen molar-refractivity contribution in [2.75, 3.05) is 13.6 Å². The number of ether oxygens (including phenoxy) is 1. The van der Waals surface area contributed by atoms with E-state index in [0.717, 1.165) is 11.1 Å². The monoisotopic (exact) mass is 569 g/mol. The molecule has 0 aliphatic carbocycles. The minimum absolute atomic E-state index is 0.0244. The first kappa shape index (κ1) is 34.5. The Labute approximate surface area is 239 Å². The van der Waals surface area contributed by atoms with Crippen LogP contribution in [0.2, 0.25) is 0 Å². The average Bonchev–Trinajstić information content (AvgIpc) is 3.28. The van der Waals surface area contributed by atoms with Gasteiger partial charge >= 0.3 is 5.97 Å². The number of carbonyl (C=O) groups is 4. The van der Waals surface area contributed by atoms with Crippen molar-refractivity contribution in [3.05, 3.63) is 60.2 Å². The molecular weight excluding hydrogens is 530 g/mol. The lowest BCUT2D eigenvalue weighted by Gasteiger charge is -2.14. The van der Waals surface area contributed by atoms with E-state index in [0.29, 0.717) is 11.8 Å². The van der Waals surface area contributed by atoms with Gasteiger partial charge in [-0.3, -0.25) is 19.8 Å². The molecule has 7 N–H and O–H groups in total. The quantitative estimate of drug-likeness (QED) is 0.0473. The number of nitrogens with one attached hydrogen (secondary N) is 4. The largest absolute Gasteiger partial charge is 0.434 e. The topological polar surface area (TPSA) is 208 Å². The summed E-state index contributed by atoms with van der Waals surface area (Å²) < 4.78 is 4.43. The molecule has 2 amide bonds. The number of aldehydes is 1. The summed E-state index contributed by atoms with van der Waals surface area (Å²) in [6, 6.07) is 15.4. The first-order chi connectivity index (χ1) is 19.7. The molecule has 0 radical (unpaired) electrons. The van der Waals surface area contributed by atoms with Crippen molar-refractivity contribution in [3.8, 4) is 11.1 Å². The van der Waals surface area contributed by atoms with Gasteiger partial charge in [0.25, 0.3) is 5.91 Å². The predicted octanol–water partition coefficient (Wildman–Crippen LogP) is 2.11. The summed E-state index contributed by atoms with van der Waals surface area (Å²) >= 11 is 0. The smallest absolute Gasteiger partial charge is 0.310 e. The van der Waals surface area contributed by atoms with Crippen LogP contribution in [0.5, 0.6) is 0 Å². The Morgan fingerprint density at radius 1 is 1.17 bits per heavy atom. The van der Waals surface area contributed by atoms with Crippen LogP contribution in [0.1, 0.15) is 49.9 Å². The number of hydrogen-bond acceptors (Lipinski definition) is 9. The molecule has 0 bridgehead atoms. The van der Waals surface area contributed by atoms with Crippen molar-refractivity contribution >= 4 is 29.9 Å². The number of likely N-dealkylation sites (N-methyl/N-ethyl adjacent to an activating group) is 1. The van der Waals surface area contributed by atoms with Gasteiger partial charge in [-0.05, 0) is 30.7 Å². The van der Waals surface area contributed by atoms with Crippen molar-refractivity contribution in [2.24, 2.45) is 16.2 Å². The van der Waals surface area contributed by atoms with Gasteiger partial charge in [0.2, 0.25) is 12.2 Å². The van der Waals surface area contributed by atoms with Gasteiger partial charge in [-0.25, -0.2) is 0 Å². The number of aliphatic hydroxyl groups is 1. The molecule has 3 unspecified atom stereocenters. The number of benzene rings is 2. The van der Waals surface area contributed by atoms with Crippen LogP contribution in [0, 0.1) is 5.41 Å². The maximum absolute atomic E-state index is 12.6. The van der Waals surface area contributed by atoms with Crippen LogP contribution in [0.25, 0.3) is 11.1 Å². The highest BCUT2D eigenvalue weighted by Crippen LogP contribution is 2.23. The van der Waals surface area contributed by atoms with Gasteiger partial charge in [0.05, 0.1) is 19.0 Å². The number of rotatable bonds is 10. The van der Waals surface area contributed by atoms with Crippen LogP contribution in [0.3, 0.4) is 0 Å². The zero-order valence-electron chi connectivity index (χ0n) is 23.5. The van der Waals surface area contributed by atoms with E-state index in [4.69, 9.17) is 16.4 Å². The highest BCUT2D eigenvalue weighted by molar-refractivity contribution is 6.01. The van der Waals surface area contributed by atoms with Gasteiger partial charge < -0.3 is 36.4 Å². The van der Waals surface area contributed by atoms with Crippen LogP contribution < -0.4 is 21.8 Å². The lowest BCUT2D eigenvalue weighted by molar-refractivity contribution is -0.155. The van der Waals surface area contributed by atoms with E-state index in [1.54, 1.807) is 19.2 Å². The lowest BCUT2D eigenvalue weighted by Crippen LogP contribution is -2.43. The Bertz CT molecular complexity index is 1160. The zero-order chi connectivity index (χ0) is 30.6. The Morgan fingerprint density at radius 2 is 1.80 bits per heavy atom. The molecule has 2 aromatic rings. The minimum atomic E-state index is -1.21. The molecule has 13 heteroatoms. The molecule has 222 valence electrons. The third-order valence-electron chi connectivity index (χ3n) is 5.27. The number of nitrogens with two attached hydrogens (primary N) is 1. The van der Waals surface area contributed by atoms with Crippen LogP contribution in [-0.4, -0.2) is 67.0 Å². The van der Waals surface area contributed by atoms with Gasteiger partial charge in [-0.1, -0.05) is 74.0 Å². The summed E-state index contributed by atoms with van der Waals surface area (Å²) in [6.45, 7) is 4.40. The number of cyclic esters (lactones) is 1. The number of esters is 1. The molecule has 13 nitrogen and oxygen atoms in total. The maximum atomic E-state index is 12.6. The third kappa shape index (κ3) is 12.9. The average molecular weight is 570 g/mol. The predicted molar refractivity (Wildman–Crippen MR) is 154 cm³/mol. The summed E-state index contributed by atoms with van der Waals surface area (Å²) in [4.78, 5) is 45.5. The Morgan fingerprint density at radius 3 is 2.37 bits per heavy atom. The van der Waals surface area contributed by atoms with Crippen LogP contribution in [-0.2, 0) is 19.1 Å². The molecule has 0 spiro atoms. The highest BCUT2D eigenvalue weighted by Gasteiger charge is 2.34. The van der Waals surface area contributed by atoms with E-state index in [1.807, 2.05) is 42.5 Å². The lowest BCUT2D eigenvalue weighted by atomic mass is 9.99. The number of amidine groups is 1. The molecule has 41 heavy (non-hydrogen) atoms. The van der Waals surface area contributed by atoms with E-state index < -0.39 is 24.3 Å². The fourth-order valence-electron chi connectivity index (χ4n) is 3.47. The summed E-state index contributed by atoms with van der Waals surface area (Å²) in [6.07, 6.45) is 1.14. The highest BCUT2D eigenvalue weighted by atomic mass is 16.6. The first-order valence-corrected chi connectivity index (χ1v) is 13.1. The second kappa shape index (κ2) is 19.6. The standard InChI is InChI=1S/C18H19N5O2.C7H12N2O4.C3H8/c19-17(22-23-20)11-10-14(12-24)21-18(25)16-9-5-4-8-15(16)13-6-2-1-3-7-13;1-8-3-5(10)9-4-2-6(11)13-7(4)12;1-3-2/h1-9,12,14H,10-11H2,(H,21,25)(H3,19,20,22);4,7-8,12H,2-3H2,1H3,(H,9,10);3H2,1-2H3. The van der Waals surface area contributed by atoms with E-state index >= 15 is 0 Å². The Hall–Kier alpha value is -4.49. The molecule has 0 aromatic heterocycles. The van der Waals surface area contributed by atoms with E-state index in [2.05, 4.69) is 44.9 Å². The van der Waals surface area contributed by atoms with Crippen molar-refractivity contribution in [1.29, 1.82) is 5.41 Å². The molecule has 1 saturated heterocycles. The molecule has 2 aromatic carbocycles. The van der Waals surface area contributed by atoms with Crippen molar-refractivity contribution in [3.63, 3.8) is 0 Å². The summed E-state index contributed by atoms with van der Waals surface area (Å²) in [5.41, 5.74) is 2.19. The van der Waals surface area contributed by atoms with Gasteiger partial charge in [-0.15, -0.1) is 5.11 Å². The fraction of sp³-hybridized carbons (Fsp3) is 0.393. The number of hydrogen-bond donors (Lipinski definition) is 6. The maximum Gasteiger partial charge on any atom is 0.310 e. The van der Waals surface area contributed by atoms with Crippen molar-refractivity contribution < 1.29 is 29.0 Å². The zero-order valence-corrected chi connectivity index (χ0v) is 23.5. The number of carbonyl (C=O) groups excluding carboxylic acids is 4.